The van der Waals surface area contributed by atoms with Crippen molar-refractivity contribution in [2.45, 2.75) is 13.3 Å². The fraction of sp³-hybridized carbons (Fsp3) is 0.200. The zero-order valence-electron chi connectivity index (χ0n) is 11.8. The van der Waals surface area contributed by atoms with Gasteiger partial charge >= 0.3 is 0 Å². The number of amides is 1. The number of para-hydroxylation sites is 1. The minimum atomic E-state index is -0.0192. The van der Waals surface area contributed by atoms with E-state index in [1.165, 1.54) is 13.1 Å². The number of benzene rings is 1. The maximum Gasteiger partial charge on any atom is 0.224 e. The molecule has 2 aromatic rings. The molecule has 1 amide bonds. The summed E-state index contributed by atoms with van der Waals surface area (Å²) in [6.07, 6.45) is 2.17. The number of nitrogens with zero attached hydrogens (tertiary/aromatic N) is 4. The lowest BCUT2D eigenvalue weighted by molar-refractivity contribution is -0.116. The number of aromatic nitrogens is 2. The Morgan fingerprint density at radius 2 is 2.32 bits per heavy atom. The average molecular weight is 314 g/mol. The molecule has 1 aliphatic rings. The number of hydrogen-bond acceptors (Lipinski definition) is 5. The molecule has 0 aliphatic carbocycles. The number of carbonyl (C=O) groups excluding carboxylic acids is 1. The van der Waals surface area contributed by atoms with Crippen molar-refractivity contribution in [3.63, 3.8) is 0 Å². The molecule has 6 nitrogen and oxygen atoms in total. The monoisotopic (exact) mass is 313 g/mol. The molecule has 1 N–H and O–H groups in total. The van der Waals surface area contributed by atoms with E-state index in [0.717, 1.165) is 23.4 Å². The van der Waals surface area contributed by atoms with Crippen molar-refractivity contribution in [1.29, 1.82) is 5.26 Å². The Labute approximate surface area is 132 Å². The number of carbonyl (C=O) groups is 1. The van der Waals surface area contributed by atoms with Crippen molar-refractivity contribution in [2.75, 3.05) is 16.8 Å². The lowest BCUT2D eigenvalue weighted by Gasteiger charge is -2.19. The van der Waals surface area contributed by atoms with E-state index >= 15 is 0 Å². The Bertz CT molecular complexity index is 799. The second kappa shape index (κ2) is 5.62. The summed E-state index contributed by atoms with van der Waals surface area (Å²) in [5.74, 6) is 0.306. The molecule has 1 aromatic carbocycles. The number of hydrogen-bond donors (Lipinski definition) is 1. The molecule has 3 rings (SSSR count). The van der Waals surface area contributed by atoms with Crippen LogP contribution < -0.4 is 10.2 Å². The van der Waals surface area contributed by atoms with Crippen LogP contribution in [0.25, 0.3) is 0 Å². The quantitative estimate of drug-likeness (QED) is 0.862. The van der Waals surface area contributed by atoms with Crippen LogP contribution >= 0.6 is 11.6 Å². The van der Waals surface area contributed by atoms with Crippen LogP contribution in [0.5, 0.6) is 0 Å². The topological polar surface area (TPSA) is 81.9 Å². The largest absolute Gasteiger partial charge is 0.337 e. The number of fused-ring (bicyclic) bond motifs is 1. The van der Waals surface area contributed by atoms with Gasteiger partial charge in [0, 0.05) is 13.5 Å². The van der Waals surface area contributed by atoms with Gasteiger partial charge in [0.1, 0.15) is 11.6 Å². The van der Waals surface area contributed by atoms with E-state index in [2.05, 4.69) is 15.3 Å². The molecular weight excluding hydrogens is 302 g/mol. The number of nitrogens with one attached hydrogen (secondary N) is 1. The molecule has 0 radical (unpaired) electrons. The Morgan fingerprint density at radius 3 is 3.05 bits per heavy atom. The zero-order chi connectivity index (χ0) is 15.7. The van der Waals surface area contributed by atoms with E-state index in [1.54, 1.807) is 4.90 Å². The molecule has 0 fully saturated rings. The van der Waals surface area contributed by atoms with Gasteiger partial charge in [0.15, 0.2) is 5.82 Å². The molecule has 0 saturated carbocycles. The van der Waals surface area contributed by atoms with Gasteiger partial charge in [0.05, 0.1) is 17.6 Å². The molecule has 110 valence electrons. The van der Waals surface area contributed by atoms with Crippen LogP contribution in [0.2, 0.25) is 5.28 Å². The third kappa shape index (κ3) is 2.47. The van der Waals surface area contributed by atoms with Gasteiger partial charge in [-0.1, -0.05) is 12.1 Å². The van der Waals surface area contributed by atoms with E-state index in [9.17, 15) is 4.79 Å². The summed E-state index contributed by atoms with van der Waals surface area (Å²) in [5, 5.41) is 12.3. The number of anilines is 3. The highest BCUT2D eigenvalue weighted by Gasteiger charge is 2.25. The molecule has 22 heavy (non-hydrogen) atoms. The molecule has 1 aromatic heterocycles. The predicted molar refractivity (Wildman–Crippen MR) is 83.2 cm³/mol. The minimum Gasteiger partial charge on any atom is -0.337 e. The smallest absolute Gasteiger partial charge is 0.224 e. The van der Waals surface area contributed by atoms with Gasteiger partial charge in [-0.3, -0.25) is 4.79 Å². The SMILES string of the molecule is CC(=O)N1CCc2cccc(Nc3nc(Cl)ncc3C#N)c21. The lowest BCUT2D eigenvalue weighted by Crippen LogP contribution is -2.26. The molecule has 7 heteroatoms. The summed E-state index contributed by atoms with van der Waals surface area (Å²) in [7, 11) is 0. The Hall–Kier alpha value is -2.65. The van der Waals surface area contributed by atoms with Crippen molar-refractivity contribution in [3.05, 3.63) is 40.8 Å². The second-order valence-electron chi connectivity index (χ2n) is 4.87. The fourth-order valence-electron chi connectivity index (χ4n) is 2.54. The molecule has 2 heterocycles. The van der Waals surface area contributed by atoms with Crippen LogP contribution in [0.4, 0.5) is 17.2 Å². The Morgan fingerprint density at radius 1 is 1.50 bits per heavy atom. The standard InChI is InChI=1S/C15H12ClN5O/c1-9(22)21-6-5-10-3-2-4-12(13(10)21)19-14-11(7-17)8-18-15(16)20-14/h2-4,8H,5-6H2,1H3,(H,18,19,20). The van der Waals surface area contributed by atoms with Gasteiger partial charge in [0.2, 0.25) is 11.2 Å². The fourth-order valence-corrected chi connectivity index (χ4v) is 2.67. The number of halogens is 1. The van der Waals surface area contributed by atoms with E-state index in [4.69, 9.17) is 16.9 Å². The van der Waals surface area contributed by atoms with Crippen molar-refractivity contribution in [3.8, 4) is 6.07 Å². The van der Waals surface area contributed by atoms with Crippen molar-refractivity contribution < 1.29 is 4.79 Å². The van der Waals surface area contributed by atoms with Gasteiger partial charge < -0.3 is 10.2 Å². The van der Waals surface area contributed by atoms with Crippen LogP contribution in [0, 0.1) is 11.3 Å². The van der Waals surface area contributed by atoms with Crippen LogP contribution in [-0.2, 0) is 11.2 Å². The predicted octanol–water partition coefficient (Wildman–Crippen LogP) is 2.65. The average Bonchev–Trinajstić information content (AvgIpc) is 2.93. The molecule has 0 spiro atoms. The van der Waals surface area contributed by atoms with Gasteiger partial charge in [-0.25, -0.2) is 4.98 Å². The maximum atomic E-state index is 11.8. The normalized spacial score (nSPS) is 12.7. The Balaban J connectivity index is 2.05. The minimum absolute atomic E-state index is 0.0192. The van der Waals surface area contributed by atoms with Gasteiger partial charge in [-0.2, -0.15) is 10.2 Å². The first-order chi connectivity index (χ1) is 10.6. The van der Waals surface area contributed by atoms with Crippen LogP contribution in [0.3, 0.4) is 0 Å². The van der Waals surface area contributed by atoms with Crippen molar-refractivity contribution in [2.24, 2.45) is 0 Å². The summed E-state index contributed by atoms with van der Waals surface area (Å²) in [6.45, 7) is 2.19. The van der Waals surface area contributed by atoms with Gasteiger partial charge in [-0.05, 0) is 29.7 Å². The molecule has 0 atom stereocenters. The zero-order valence-corrected chi connectivity index (χ0v) is 12.6. The van der Waals surface area contributed by atoms with Crippen molar-refractivity contribution in [1.82, 2.24) is 9.97 Å². The summed E-state index contributed by atoms with van der Waals surface area (Å²) in [5.41, 5.74) is 2.92. The van der Waals surface area contributed by atoms with Crippen LogP contribution in [0.15, 0.2) is 24.4 Å². The van der Waals surface area contributed by atoms with E-state index in [1.807, 2.05) is 24.3 Å². The first-order valence-electron chi connectivity index (χ1n) is 6.70. The molecular formula is C15H12ClN5O. The third-order valence-corrected chi connectivity index (χ3v) is 3.69. The van der Waals surface area contributed by atoms with Crippen molar-refractivity contribution >= 4 is 34.7 Å². The lowest BCUT2D eigenvalue weighted by atomic mass is 10.1. The molecule has 0 bridgehead atoms. The summed E-state index contributed by atoms with van der Waals surface area (Å²) >= 11 is 5.80. The highest BCUT2D eigenvalue weighted by Crippen LogP contribution is 2.37. The first-order valence-corrected chi connectivity index (χ1v) is 7.07. The second-order valence-corrected chi connectivity index (χ2v) is 5.21. The third-order valence-electron chi connectivity index (χ3n) is 3.51. The Kier molecular flexibility index (Phi) is 3.65. The first kappa shape index (κ1) is 14.3. The molecule has 1 aliphatic heterocycles. The van der Waals surface area contributed by atoms with E-state index in [0.29, 0.717) is 12.4 Å². The van der Waals surface area contributed by atoms with Crippen LogP contribution in [-0.4, -0.2) is 22.4 Å². The highest BCUT2D eigenvalue weighted by atomic mass is 35.5. The summed E-state index contributed by atoms with van der Waals surface area (Å²) < 4.78 is 0. The van der Waals surface area contributed by atoms with E-state index in [-0.39, 0.29) is 16.8 Å². The van der Waals surface area contributed by atoms with Gasteiger partial charge in [0.25, 0.3) is 0 Å². The summed E-state index contributed by atoms with van der Waals surface area (Å²) in [6, 6.07) is 7.75. The maximum absolute atomic E-state index is 11.8. The number of rotatable bonds is 2. The highest BCUT2D eigenvalue weighted by molar-refractivity contribution is 6.28. The number of nitriles is 1. The van der Waals surface area contributed by atoms with Gasteiger partial charge in [-0.15, -0.1) is 0 Å². The van der Waals surface area contributed by atoms with Crippen LogP contribution in [0.1, 0.15) is 18.1 Å². The molecule has 0 unspecified atom stereocenters. The molecule has 0 saturated heterocycles. The summed E-state index contributed by atoms with van der Waals surface area (Å²) in [4.78, 5) is 21.4. The van der Waals surface area contributed by atoms with E-state index < -0.39 is 0 Å².